The van der Waals surface area contributed by atoms with Crippen molar-refractivity contribution in [3.05, 3.63) is 12.2 Å². The molecule has 0 saturated heterocycles. The molecule has 2 rings (SSSR count). The van der Waals surface area contributed by atoms with Gasteiger partial charge in [-0.05, 0) is 12.8 Å². The average molecular weight is 280 g/mol. The van der Waals surface area contributed by atoms with Crippen molar-refractivity contribution in [3.8, 4) is 0 Å². The summed E-state index contributed by atoms with van der Waals surface area (Å²) < 4.78 is 2.04. The lowest BCUT2D eigenvalue weighted by Gasteiger charge is -2.24. The van der Waals surface area contributed by atoms with E-state index in [0.29, 0.717) is 12.6 Å². The van der Waals surface area contributed by atoms with Crippen molar-refractivity contribution in [1.82, 2.24) is 25.4 Å². The van der Waals surface area contributed by atoms with Gasteiger partial charge in [-0.3, -0.25) is 4.79 Å². The first kappa shape index (κ1) is 14.3. The zero-order chi connectivity index (χ0) is 14.4. The van der Waals surface area contributed by atoms with E-state index in [1.165, 1.54) is 19.3 Å². The van der Waals surface area contributed by atoms with Gasteiger partial charge < -0.3 is 20.9 Å². The van der Waals surface area contributed by atoms with Crippen molar-refractivity contribution < 1.29 is 9.59 Å². The summed E-state index contributed by atoms with van der Waals surface area (Å²) in [6.07, 6.45) is 7.70. The molecule has 0 radical (unpaired) electrons. The van der Waals surface area contributed by atoms with Crippen LogP contribution in [0.3, 0.4) is 0 Å². The Kier molecular flexibility index (Phi) is 4.91. The van der Waals surface area contributed by atoms with Gasteiger partial charge in [0.1, 0.15) is 6.33 Å². The molecule has 110 valence electrons. The minimum absolute atomic E-state index is 0.132. The summed E-state index contributed by atoms with van der Waals surface area (Å²) in [5.74, 6) is 0.436. The minimum Gasteiger partial charge on any atom is -0.352 e. The van der Waals surface area contributed by atoms with Crippen molar-refractivity contribution in [1.29, 1.82) is 0 Å². The van der Waals surface area contributed by atoms with Crippen molar-refractivity contribution in [2.45, 2.75) is 44.7 Å². The highest BCUT2D eigenvalue weighted by atomic mass is 16.2. The van der Waals surface area contributed by atoms with E-state index >= 15 is 0 Å². The number of nitrogens with zero attached hydrogens (tertiary/aromatic N) is 3. The highest BCUT2D eigenvalue weighted by molar-refractivity contribution is 5.83. The van der Waals surface area contributed by atoms with E-state index in [1.54, 1.807) is 6.33 Å². The molecule has 0 atom stereocenters. The van der Waals surface area contributed by atoms with E-state index in [0.717, 1.165) is 18.7 Å². The molecule has 8 nitrogen and oxygen atoms in total. The molecule has 1 fully saturated rings. The van der Waals surface area contributed by atoms with Gasteiger partial charge in [-0.15, -0.1) is 10.2 Å². The molecule has 1 saturated carbocycles. The average Bonchev–Trinajstić information content (AvgIpc) is 2.92. The van der Waals surface area contributed by atoms with E-state index in [-0.39, 0.29) is 12.5 Å². The van der Waals surface area contributed by atoms with Gasteiger partial charge in [0.15, 0.2) is 5.82 Å². The summed E-state index contributed by atoms with van der Waals surface area (Å²) in [6.45, 7) is 0.169. The van der Waals surface area contributed by atoms with E-state index in [4.69, 9.17) is 5.73 Å². The van der Waals surface area contributed by atoms with Gasteiger partial charge in [0.05, 0.1) is 13.1 Å². The molecule has 1 aliphatic carbocycles. The highest BCUT2D eigenvalue weighted by Gasteiger charge is 2.18. The van der Waals surface area contributed by atoms with Crippen LogP contribution in [0.5, 0.6) is 0 Å². The standard InChI is InChI=1S/C12H20N6O2/c13-12(20)15-7-11(19)14-6-10-17-16-8-18(10)9-4-2-1-3-5-9/h8-9H,1-7H2,(H,14,19)(H3,13,15,20). The van der Waals surface area contributed by atoms with Gasteiger partial charge in [-0.25, -0.2) is 4.79 Å². The second-order valence-corrected chi connectivity index (χ2v) is 4.94. The fourth-order valence-corrected chi connectivity index (χ4v) is 2.46. The van der Waals surface area contributed by atoms with Crippen LogP contribution in [0.2, 0.25) is 0 Å². The van der Waals surface area contributed by atoms with Crippen molar-refractivity contribution in [2.75, 3.05) is 6.54 Å². The second-order valence-electron chi connectivity index (χ2n) is 4.94. The topological polar surface area (TPSA) is 115 Å². The molecule has 0 aliphatic heterocycles. The van der Waals surface area contributed by atoms with Crippen LogP contribution in [0.4, 0.5) is 4.79 Å². The van der Waals surface area contributed by atoms with E-state index in [1.807, 2.05) is 4.57 Å². The summed E-state index contributed by atoms with van der Waals surface area (Å²) in [5, 5.41) is 12.9. The largest absolute Gasteiger partial charge is 0.352 e. The normalized spacial score (nSPS) is 15.8. The maximum Gasteiger partial charge on any atom is 0.312 e. The van der Waals surface area contributed by atoms with Crippen LogP contribution in [0.15, 0.2) is 6.33 Å². The lowest BCUT2D eigenvalue weighted by atomic mass is 9.95. The fraction of sp³-hybridized carbons (Fsp3) is 0.667. The van der Waals surface area contributed by atoms with Crippen LogP contribution in [-0.4, -0.2) is 33.2 Å². The predicted octanol–water partition coefficient (Wildman–Crippen LogP) is 0.0678. The molecule has 1 aliphatic rings. The van der Waals surface area contributed by atoms with Gasteiger partial charge >= 0.3 is 6.03 Å². The van der Waals surface area contributed by atoms with Crippen LogP contribution >= 0.6 is 0 Å². The van der Waals surface area contributed by atoms with Crippen LogP contribution in [0, 0.1) is 0 Å². The monoisotopic (exact) mass is 280 g/mol. The van der Waals surface area contributed by atoms with Gasteiger partial charge in [0.25, 0.3) is 0 Å². The Labute approximate surface area is 117 Å². The molecular formula is C12H20N6O2. The summed E-state index contributed by atoms with van der Waals surface area (Å²) >= 11 is 0. The number of carbonyl (C=O) groups is 2. The Hall–Kier alpha value is -2.12. The molecule has 1 aromatic heterocycles. The zero-order valence-electron chi connectivity index (χ0n) is 11.3. The van der Waals surface area contributed by atoms with Crippen molar-refractivity contribution in [2.24, 2.45) is 5.73 Å². The number of hydrogen-bond donors (Lipinski definition) is 3. The Morgan fingerprint density at radius 3 is 2.75 bits per heavy atom. The number of rotatable bonds is 5. The van der Waals surface area contributed by atoms with Crippen molar-refractivity contribution >= 4 is 11.9 Å². The molecular weight excluding hydrogens is 260 g/mol. The first-order valence-electron chi connectivity index (χ1n) is 6.85. The number of urea groups is 1. The molecule has 20 heavy (non-hydrogen) atoms. The first-order valence-corrected chi connectivity index (χ1v) is 6.85. The molecule has 8 heteroatoms. The predicted molar refractivity (Wildman–Crippen MR) is 71.6 cm³/mol. The fourth-order valence-electron chi connectivity index (χ4n) is 2.46. The van der Waals surface area contributed by atoms with Gasteiger partial charge in [0, 0.05) is 6.04 Å². The number of carbonyl (C=O) groups excluding carboxylic acids is 2. The molecule has 1 heterocycles. The Bertz CT molecular complexity index is 466. The van der Waals surface area contributed by atoms with Crippen LogP contribution in [0.1, 0.15) is 44.0 Å². The minimum atomic E-state index is -0.717. The summed E-state index contributed by atoms with van der Waals surface area (Å²) in [6, 6.07) is -0.292. The number of hydrogen-bond acceptors (Lipinski definition) is 4. The molecule has 0 spiro atoms. The third-order valence-electron chi connectivity index (χ3n) is 3.48. The van der Waals surface area contributed by atoms with Crippen molar-refractivity contribution in [3.63, 3.8) is 0 Å². The number of aromatic nitrogens is 3. The van der Waals surface area contributed by atoms with Crippen LogP contribution in [-0.2, 0) is 11.3 Å². The Morgan fingerprint density at radius 1 is 1.30 bits per heavy atom. The number of amides is 3. The molecule has 0 aromatic carbocycles. The molecule has 4 N–H and O–H groups in total. The van der Waals surface area contributed by atoms with E-state index < -0.39 is 6.03 Å². The molecule has 0 unspecified atom stereocenters. The number of primary amides is 1. The Morgan fingerprint density at radius 2 is 2.05 bits per heavy atom. The number of nitrogens with two attached hydrogens (primary N) is 1. The third-order valence-corrected chi connectivity index (χ3v) is 3.48. The summed E-state index contributed by atoms with van der Waals surface area (Å²) in [5.41, 5.74) is 4.90. The van der Waals surface area contributed by atoms with Gasteiger partial charge in [-0.2, -0.15) is 0 Å². The van der Waals surface area contributed by atoms with Gasteiger partial charge in [0.2, 0.25) is 5.91 Å². The summed E-state index contributed by atoms with van der Waals surface area (Å²) in [7, 11) is 0. The van der Waals surface area contributed by atoms with Crippen LogP contribution < -0.4 is 16.4 Å². The highest BCUT2D eigenvalue weighted by Crippen LogP contribution is 2.28. The van der Waals surface area contributed by atoms with E-state index in [9.17, 15) is 9.59 Å². The third kappa shape index (κ3) is 3.94. The second kappa shape index (κ2) is 6.88. The maximum atomic E-state index is 11.5. The molecule has 1 aromatic rings. The number of nitrogens with one attached hydrogen (secondary N) is 2. The SMILES string of the molecule is NC(=O)NCC(=O)NCc1nncn1C1CCCCC1. The quantitative estimate of drug-likeness (QED) is 0.707. The maximum absolute atomic E-state index is 11.5. The van der Waals surface area contributed by atoms with Gasteiger partial charge in [-0.1, -0.05) is 19.3 Å². The lowest BCUT2D eigenvalue weighted by molar-refractivity contribution is -0.120. The zero-order valence-corrected chi connectivity index (χ0v) is 11.3. The van der Waals surface area contributed by atoms with E-state index in [2.05, 4.69) is 20.8 Å². The smallest absolute Gasteiger partial charge is 0.312 e. The van der Waals surface area contributed by atoms with Crippen LogP contribution in [0.25, 0.3) is 0 Å². The summed E-state index contributed by atoms with van der Waals surface area (Å²) in [4.78, 5) is 22.0. The lowest BCUT2D eigenvalue weighted by Crippen LogP contribution is -2.39. The molecule has 0 bridgehead atoms. The first-order chi connectivity index (χ1) is 9.66. The molecule has 3 amide bonds. The Balaban J connectivity index is 1.85.